The van der Waals surface area contributed by atoms with Gasteiger partial charge < -0.3 is 0 Å². The molecule has 0 saturated carbocycles. The van der Waals surface area contributed by atoms with Crippen LogP contribution in [0.2, 0.25) is 0 Å². The molecule has 1 aromatic carbocycles. The normalized spacial score (nSPS) is 10.1. The topological polar surface area (TPSA) is 49.7 Å². The molecule has 0 aromatic heterocycles. The molecule has 0 unspecified atom stereocenters. The Morgan fingerprint density at radius 3 is 2.57 bits per heavy atom. The zero-order valence-electron chi connectivity index (χ0n) is 7.75. The van der Waals surface area contributed by atoms with Crippen molar-refractivity contribution in [3.63, 3.8) is 0 Å². The van der Waals surface area contributed by atoms with E-state index in [2.05, 4.69) is 5.29 Å². The Morgan fingerprint density at radius 2 is 2.00 bits per heavy atom. The van der Waals surface area contributed by atoms with Gasteiger partial charge in [-0.2, -0.15) is 5.01 Å². The number of nitrogens with zero attached hydrogens (tertiary/aromatic N) is 2. The van der Waals surface area contributed by atoms with Crippen LogP contribution in [0, 0.1) is 4.91 Å². The first-order valence-corrected chi connectivity index (χ1v) is 4.08. The fourth-order valence-corrected chi connectivity index (χ4v) is 0.880. The van der Waals surface area contributed by atoms with Gasteiger partial charge in [-0.3, -0.25) is 4.79 Å². The van der Waals surface area contributed by atoms with Crippen LogP contribution in [0.15, 0.2) is 41.7 Å². The van der Waals surface area contributed by atoms with Gasteiger partial charge in [0.2, 0.25) is 0 Å². The van der Waals surface area contributed by atoms with E-state index < -0.39 is 5.91 Å². The predicted octanol–water partition coefficient (Wildman–Crippen LogP) is 1.84. The van der Waals surface area contributed by atoms with E-state index in [1.807, 2.05) is 30.3 Å². The molecule has 0 aliphatic rings. The third-order valence-electron chi connectivity index (χ3n) is 1.66. The lowest BCUT2D eigenvalue weighted by atomic mass is 10.2. The van der Waals surface area contributed by atoms with Gasteiger partial charge in [0, 0.05) is 13.1 Å². The van der Waals surface area contributed by atoms with Crippen LogP contribution >= 0.6 is 0 Å². The van der Waals surface area contributed by atoms with Crippen LogP contribution in [0.3, 0.4) is 0 Å². The molecule has 0 aliphatic heterocycles. The molecular weight excluding hydrogens is 180 g/mol. The SMILES string of the molecule is CN(N=O)C(=O)/C=C/c1ccccc1. The van der Waals surface area contributed by atoms with Crippen LogP contribution in [-0.4, -0.2) is 18.0 Å². The van der Waals surface area contributed by atoms with E-state index in [0.29, 0.717) is 0 Å². The van der Waals surface area contributed by atoms with E-state index >= 15 is 0 Å². The summed E-state index contributed by atoms with van der Waals surface area (Å²) in [5.41, 5.74) is 0.903. The van der Waals surface area contributed by atoms with Crippen LogP contribution in [0.4, 0.5) is 0 Å². The lowest BCUT2D eigenvalue weighted by molar-refractivity contribution is -0.124. The molecule has 1 rings (SSSR count). The monoisotopic (exact) mass is 190 g/mol. The first kappa shape index (κ1) is 10.1. The van der Waals surface area contributed by atoms with Crippen molar-refractivity contribution < 1.29 is 4.79 Å². The molecular formula is C10H10N2O2. The molecule has 14 heavy (non-hydrogen) atoms. The fourth-order valence-electron chi connectivity index (χ4n) is 0.880. The zero-order valence-corrected chi connectivity index (χ0v) is 7.75. The van der Waals surface area contributed by atoms with Crippen LogP contribution < -0.4 is 0 Å². The number of hydrogen-bond donors (Lipinski definition) is 0. The minimum atomic E-state index is -0.441. The predicted molar refractivity (Wildman–Crippen MR) is 54.0 cm³/mol. The fraction of sp³-hybridized carbons (Fsp3) is 0.100. The number of hydrogen-bond acceptors (Lipinski definition) is 3. The van der Waals surface area contributed by atoms with E-state index in [-0.39, 0.29) is 0 Å². The Morgan fingerprint density at radius 1 is 1.36 bits per heavy atom. The maximum absolute atomic E-state index is 11.1. The van der Waals surface area contributed by atoms with Crippen molar-refractivity contribution >= 4 is 12.0 Å². The summed E-state index contributed by atoms with van der Waals surface area (Å²) in [6.45, 7) is 0. The number of carbonyl (C=O) groups is 1. The molecule has 0 bridgehead atoms. The lowest BCUT2D eigenvalue weighted by Crippen LogP contribution is -2.17. The summed E-state index contributed by atoms with van der Waals surface area (Å²) >= 11 is 0. The highest BCUT2D eigenvalue weighted by molar-refractivity contribution is 5.91. The van der Waals surface area contributed by atoms with Crippen molar-refractivity contribution in [2.24, 2.45) is 5.29 Å². The second kappa shape index (κ2) is 4.91. The lowest BCUT2D eigenvalue weighted by Gasteiger charge is -2.00. The van der Waals surface area contributed by atoms with Gasteiger partial charge in [0.25, 0.3) is 5.91 Å². The molecule has 72 valence electrons. The van der Waals surface area contributed by atoms with Crippen molar-refractivity contribution in [2.75, 3.05) is 7.05 Å². The van der Waals surface area contributed by atoms with Crippen LogP contribution in [0.1, 0.15) is 5.56 Å². The van der Waals surface area contributed by atoms with Gasteiger partial charge in [-0.05, 0) is 11.6 Å². The summed E-state index contributed by atoms with van der Waals surface area (Å²) in [6, 6.07) is 9.34. The van der Waals surface area contributed by atoms with Crippen LogP contribution in [0.5, 0.6) is 0 Å². The molecule has 0 N–H and O–H groups in total. The average Bonchev–Trinajstić information content (AvgIpc) is 2.26. The first-order chi connectivity index (χ1) is 6.74. The Bertz CT molecular complexity index is 346. The number of benzene rings is 1. The maximum Gasteiger partial charge on any atom is 0.269 e. The van der Waals surface area contributed by atoms with Crippen molar-refractivity contribution in [1.29, 1.82) is 0 Å². The molecule has 0 heterocycles. The molecule has 0 spiro atoms. The van der Waals surface area contributed by atoms with Crippen molar-refractivity contribution in [3.8, 4) is 0 Å². The highest BCUT2D eigenvalue weighted by atomic mass is 16.3. The molecule has 0 fully saturated rings. The number of carbonyl (C=O) groups excluding carboxylic acids is 1. The van der Waals surface area contributed by atoms with Gasteiger partial charge >= 0.3 is 0 Å². The summed E-state index contributed by atoms with van der Waals surface area (Å²) in [7, 11) is 1.31. The average molecular weight is 190 g/mol. The Hall–Kier alpha value is -1.97. The highest BCUT2D eigenvalue weighted by Gasteiger charge is 2.02. The first-order valence-electron chi connectivity index (χ1n) is 4.08. The molecule has 4 heteroatoms. The highest BCUT2D eigenvalue weighted by Crippen LogP contribution is 2.01. The number of rotatable bonds is 3. The number of nitroso groups, excluding NO2 is 1. The second-order valence-corrected chi connectivity index (χ2v) is 2.69. The van der Waals surface area contributed by atoms with Crippen molar-refractivity contribution in [2.45, 2.75) is 0 Å². The minimum Gasteiger partial charge on any atom is -0.268 e. The van der Waals surface area contributed by atoms with E-state index in [1.165, 1.54) is 13.1 Å². The third-order valence-corrected chi connectivity index (χ3v) is 1.66. The largest absolute Gasteiger partial charge is 0.269 e. The summed E-state index contributed by atoms with van der Waals surface area (Å²) in [4.78, 5) is 21.1. The second-order valence-electron chi connectivity index (χ2n) is 2.69. The summed E-state index contributed by atoms with van der Waals surface area (Å²) in [6.07, 6.45) is 2.93. The molecule has 0 aliphatic carbocycles. The van der Waals surface area contributed by atoms with Gasteiger partial charge in [0.1, 0.15) is 0 Å². The van der Waals surface area contributed by atoms with E-state index in [0.717, 1.165) is 10.6 Å². The molecule has 1 amide bonds. The van der Waals surface area contributed by atoms with Crippen molar-refractivity contribution in [3.05, 3.63) is 46.9 Å². The van der Waals surface area contributed by atoms with Crippen LogP contribution in [-0.2, 0) is 4.79 Å². The summed E-state index contributed by atoms with van der Waals surface area (Å²) in [5.74, 6) is -0.441. The van der Waals surface area contributed by atoms with E-state index in [4.69, 9.17) is 0 Å². The number of likely N-dealkylation sites (N-methyl/N-ethyl adjacent to an activating group) is 1. The quantitative estimate of drug-likeness (QED) is 0.415. The van der Waals surface area contributed by atoms with Gasteiger partial charge in [-0.1, -0.05) is 30.3 Å². The minimum absolute atomic E-state index is 0.441. The van der Waals surface area contributed by atoms with E-state index in [1.54, 1.807) is 6.08 Å². The standard InChI is InChI=1S/C10H10N2O2/c1-12(11-14)10(13)8-7-9-5-3-2-4-6-9/h2-8H,1H3/b8-7+. The molecule has 0 atom stereocenters. The molecule has 1 aromatic rings. The van der Waals surface area contributed by atoms with Crippen molar-refractivity contribution in [1.82, 2.24) is 5.01 Å². The molecule has 0 saturated heterocycles. The van der Waals surface area contributed by atoms with Gasteiger partial charge in [0.15, 0.2) is 0 Å². The Kier molecular flexibility index (Phi) is 3.55. The van der Waals surface area contributed by atoms with Gasteiger partial charge in [-0.25, -0.2) is 0 Å². The Balaban J connectivity index is 2.65. The van der Waals surface area contributed by atoms with Gasteiger partial charge in [0.05, 0.1) is 5.29 Å². The van der Waals surface area contributed by atoms with E-state index in [9.17, 15) is 9.70 Å². The third kappa shape index (κ3) is 2.82. The maximum atomic E-state index is 11.1. The Labute approximate surface area is 81.8 Å². The van der Waals surface area contributed by atoms with Gasteiger partial charge in [-0.15, -0.1) is 4.91 Å². The number of amides is 1. The molecule has 4 nitrogen and oxygen atoms in total. The summed E-state index contributed by atoms with van der Waals surface area (Å²) < 4.78 is 0. The summed E-state index contributed by atoms with van der Waals surface area (Å²) in [5, 5.41) is 3.22. The van der Waals surface area contributed by atoms with Crippen LogP contribution in [0.25, 0.3) is 6.08 Å². The molecule has 0 radical (unpaired) electrons. The zero-order chi connectivity index (χ0) is 10.4. The smallest absolute Gasteiger partial charge is 0.268 e.